The summed E-state index contributed by atoms with van der Waals surface area (Å²) in [5.74, 6) is 0.921. The number of rotatable bonds is 7. The van der Waals surface area contributed by atoms with E-state index in [4.69, 9.17) is 4.74 Å². The first kappa shape index (κ1) is 14.8. The Kier molecular flexibility index (Phi) is 5.18. The number of thiophene rings is 1. The maximum Gasteiger partial charge on any atom is 0.122 e. The molecule has 2 N–H and O–H groups in total. The summed E-state index contributed by atoms with van der Waals surface area (Å²) in [5, 5.41) is 4.35. The van der Waals surface area contributed by atoms with Crippen molar-refractivity contribution in [3.63, 3.8) is 0 Å². The molecule has 3 rings (SSSR count). The molecule has 0 aliphatic heterocycles. The summed E-state index contributed by atoms with van der Waals surface area (Å²) in [6.45, 7) is 2.55. The molecule has 0 saturated carbocycles. The molecule has 4 heteroatoms. The van der Waals surface area contributed by atoms with Crippen molar-refractivity contribution in [1.82, 2.24) is 4.98 Å². The molecule has 0 radical (unpaired) electrons. The minimum atomic E-state index is 0.643. The summed E-state index contributed by atoms with van der Waals surface area (Å²) in [5.41, 5.74) is 2.55. The van der Waals surface area contributed by atoms with E-state index >= 15 is 0 Å². The number of ether oxygens (including phenoxy) is 1. The Morgan fingerprint density at radius 2 is 1.82 bits per heavy atom. The van der Waals surface area contributed by atoms with Crippen molar-refractivity contribution in [2.75, 3.05) is 0 Å². The average molecular weight is 311 g/mol. The fourth-order valence-corrected chi connectivity index (χ4v) is 2.81. The molecule has 0 saturated heterocycles. The van der Waals surface area contributed by atoms with E-state index in [-0.39, 0.29) is 0 Å². The van der Waals surface area contributed by atoms with Crippen molar-refractivity contribution in [2.45, 2.75) is 19.7 Å². The number of quaternary nitrogens is 1. The Balaban J connectivity index is 1.45. The predicted octanol–water partition coefficient (Wildman–Crippen LogP) is 2.99. The van der Waals surface area contributed by atoms with Crippen LogP contribution in [0.1, 0.15) is 16.0 Å². The molecule has 0 bridgehead atoms. The Morgan fingerprint density at radius 3 is 2.55 bits per heavy atom. The van der Waals surface area contributed by atoms with Crippen LogP contribution in [0, 0.1) is 0 Å². The van der Waals surface area contributed by atoms with E-state index in [1.54, 1.807) is 17.5 Å². The van der Waals surface area contributed by atoms with Gasteiger partial charge in [0.15, 0.2) is 0 Å². The first-order valence-electron chi connectivity index (χ1n) is 7.35. The molecule has 2 heterocycles. The second-order valence-electron chi connectivity index (χ2n) is 5.07. The molecule has 0 aliphatic carbocycles. The zero-order valence-electron chi connectivity index (χ0n) is 12.3. The lowest BCUT2D eigenvalue weighted by Crippen LogP contribution is -2.80. The van der Waals surface area contributed by atoms with Gasteiger partial charge in [0.1, 0.15) is 25.4 Å². The summed E-state index contributed by atoms with van der Waals surface area (Å²) >= 11 is 1.72. The highest BCUT2D eigenvalue weighted by atomic mass is 32.1. The van der Waals surface area contributed by atoms with Crippen LogP contribution in [-0.2, 0) is 19.7 Å². The zero-order chi connectivity index (χ0) is 15.0. The van der Waals surface area contributed by atoms with Crippen LogP contribution in [0.25, 0.3) is 0 Å². The van der Waals surface area contributed by atoms with Crippen molar-refractivity contribution in [3.8, 4) is 5.75 Å². The second kappa shape index (κ2) is 7.73. The van der Waals surface area contributed by atoms with E-state index in [1.165, 1.54) is 16.0 Å². The smallest absolute Gasteiger partial charge is 0.122 e. The minimum absolute atomic E-state index is 0.643. The molecule has 0 fully saturated rings. The van der Waals surface area contributed by atoms with Crippen LogP contribution in [0.5, 0.6) is 5.75 Å². The van der Waals surface area contributed by atoms with Gasteiger partial charge in [0, 0.05) is 28.4 Å². The molecule has 3 nitrogen and oxygen atoms in total. The largest absolute Gasteiger partial charge is 0.488 e. The van der Waals surface area contributed by atoms with Gasteiger partial charge in [-0.05, 0) is 41.8 Å². The van der Waals surface area contributed by atoms with Crippen LogP contribution in [-0.4, -0.2) is 4.98 Å². The topological polar surface area (TPSA) is 38.7 Å². The quantitative estimate of drug-likeness (QED) is 0.728. The zero-order valence-corrected chi connectivity index (χ0v) is 13.1. The number of nitrogens with two attached hydrogens (primary N) is 1. The molecule has 22 heavy (non-hydrogen) atoms. The Morgan fingerprint density at radius 1 is 0.955 bits per heavy atom. The summed E-state index contributed by atoms with van der Waals surface area (Å²) in [6.07, 6.45) is 3.72. The van der Waals surface area contributed by atoms with Crippen molar-refractivity contribution in [3.05, 3.63) is 82.3 Å². The number of aromatic nitrogens is 1. The fraction of sp³-hybridized carbons (Fsp3) is 0.167. The SMILES string of the molecule is c1cncc(C[NH2+]Cc2ccc(OCc3cccs3)cc2)c1. The maximum atomic E-state index is 5.77. The lowest BCUT2D eigenvalue weighted by Gasteiger charge is -2.06. The van der Waals surface area contributed by atoms with E-state index in [0.29, 0.717) is 6.61 Å². The fourth-order valence-electron chi connectivity index (χ4n) is 2.20. The van der Waals surface area contributed by atoms with Crippen molar-refractivity contribution >= 4 is 11.3 Å². The third-order valence-corrected chi connectivity index (χ3v) is 4.22. The highest BCUT2D eigenvalue weighted by Gasteiger charge is 2.00. The molecular formula is C18H19N2OS+. The lowest BCUT2D eigenvalue weighted by atomic mass is 10.2. The molecule has 0 unspecified atom stereocenters. The standard InChI is InChI=1S/C18H18N2OS/c1-3-16(12-19-9-1)13-20-11-15-5-7-17(8-6-15)21-14-18-4-2-10-22-18/h1-10,12,20H,11,13-14H2/p+1. The van der Waals surface area contributed by atoms with E-state index in [9.17, 15) is 0 Å². The third kappa shape index (κ3) is 4.41. The van der Waals surface area contributed by atoms with Crippen LogP contribution in [0.15, 0.2) is 66.3 Å². The summed E-state index contributed by atoms with van der Waals surface area (Å²) in [6, 6.07) is 16.6. The average Bonchev–Trinajstić information content (AvgIpc) is 3.09. The second-order valence-corrected chi connectivity index (χ2v) is 6.10. The van der Waals surface area contributed by atoms with Crippen LogP contribution in [0.4, 0.5) is 0 Å². The number of pyridine rings is 1. The van der Waals surface area contributed by atoms with Gasteiger partial charge in [0.25, 0.3) is 0 Å². The molecule has 0 spiro atoms. The number of hydrogen-bond donors (Lipinski definition) is 1. The number of nitrogens with zero attached hydrogens (tertiary/aromatic N) is 1. The highest BCUT2D eigenvalue weighted by Crippen LogP contribution is 2.16. The molecule has 0 aliphatic rings. The van der Waals surface area contributed by atoms with Gasteiger partial charge in [-0.2, -0.15) is 0 Å². The van der Waals surface area contributed by atoms with Crippen LogP contribution in [0.3, 0.4) is 0 Å². The molecule has 2 aromatic heterocycles. The van der Waals surface area contributed by atoms with Gasteiger partial charge in [-0.3, -0.25) is 4.98 Å². The van der Waals surface area contributed by atoms with E-state index in [0.717, 1.165) is 18.8 Å². The predicted molar refractivity (Wildman–Crippen MR) is 88.7 cm³/mol. The van der Waals surface area contributed by atoms with Gasteiger partial charge >= 0.3 is 0 Å². The summed E-state index contributed by atoms with van der Waals surface area (Å²) in [4.78, 5) is 5.37. The summed E-state index contributed by atoms with van der Waals surface area (Å²) < 4.78 is 5.77. The third-order valence-electron chi connectivity index (χ3n) is 3.37. The Bertz CT molecular complexity index is 666. The van der Waals surface area contributed by atoms with Gasteiger partial charge in [-0.1, -0.05) is 12.1 Å². The summed E-state index contributed by atoms with van der Waals surface area (Å²) in [7, 11) is 0. The maximum absolute atomic E-state index is 5.77. The molecule has 1 aromatic carbocycles. The van der Waals surface area contributed by atoms with Crippen LogP contribution >= 0.6 is 11.3 Å². The Labute approximate surface area is 134 Å². The van der Waals surface area contributed by atoms with Crippen LogP contribution < -0.4 is 10.1 Å². The van der Waals surface area contributed by atoms with Gasteiger partial charge < -0.3 is 10.1 Å². The van der Waals surface area contributed by atoms with Crippen molar-refractivity contribution < 1.29 is 10.1 Å². The van der Waals surface area contributed by atoms with E-state index < -0.39 is 0 Å². The molecular weight excluding hydrogens is 292 g/mol. The number of hydrogen-bond acceptors (Lipinski definition) is 3. The van der Waals surface area contributed by atoms with Gasteiger partial charge in [-0.15, -0.1) is 11.3 Å². The van der Waals surface area contributed by atoms with E-state index in [1.807, 2.05) is 30.5 Å². The minimum Gasteiger partial charge on any atom is -0.488 e. The highest BCUT2D eigenvalue weighted by molar-refractivity contribution is 7.09. The van der Waals surface area contributed by atoms with Crippen LogP contribution in [0.2, 0.25) is 0 Å². The molecule has 112 valence electrons. The van der Waals surface area contributed by atoms with Crippen molar-refractivity contribution in [2.24, 2.45) is 0 Å². The first-order chi connectivity index (χ1) is 10.9. The van der Waals surface area contributed by atoms with Gasteiger partial charge in [-0.25, -0.2) is 0 Å². The monoisotopic (exact) mass is 311 g/mol. The molecule has 0 atom stereocenters. The molecule has 3 aromatic rings. The lowest BCUT2D eigenvalue weighted by molar-refractivity contribution is -0.686. The van der Waals surface area contributed by atoms with Gasteiger partial charge in [0.2, 0.25) is 0 Å². The van der Waals surface area contributed by atoms with E-state index in [2.05, 4.69) is 39.9 Å². The first-order valence-corrected chi connectivity index (χ1v) is 8.23. The molecule has 0 amide bonds. The normalized spacial score (nSPS) is 10.5. The van der Waals surface area contributed by atoms with Gasteiger partial charge in [0.05, 0.1) is 0 Å². The number of benzene rings is 1. The van der Waals surface area contributed by atoms with Crippen molar-refractivity contribution in [1.29, 1.82) is 0 Å². The Hall–Kier alpha value is -2.17.